The summed E-state index contributed by atoms with van der Waals surface area (Å²) >= 11 is 0. The molecule has 0 aliphatic heterocycles. The number of aliphatic imine (C=N–C) groups is 1. The molecule has 0 fully saturated rings. The summed E-state index contributed by atoms with van der Waals surface area (Å²) in [5.74, 6) is 0.565. The number of nitrogens with zero attached hydrogens (tertiary/aromatic N) is 1. The Hall–Kier alpha value is -2.82. The molecule has 0 spiro atoms. The number of aryl methyl sites for hydroxylation is 1. The summed E-state index contributed by atoms with van der Waals surface area (Å²) in [6.45, 7) is 3.42. The van der Waals surface area contributed by atoms with Crippen LogP contribution in [0.4, 0.5) is 5.69 Å². The van der Waals surface area contributed by atoms with Gasteiger partial charge in [-0.15, -0.1) is 0 Å². The highest BCUT2D eigenvalue weighted by Gasteiger charge is 2.02. The van der Waals surface area contributed by atoms with Gasteiger partial charge in [0.05, 0.1) is 13.7 Å². The highest BCUT2D eigenvalue weighted by atomic mass is 16.5. The van der Waals surface area contributed by atoms with Crippen molar-refractivity contribution in [2.75, 3.05) is 19.0 Å². The van der Waals surface area contributed by atoms with E-state index in [1.807, 2.05) is 30.3 Å². The zero-order valence-corrected chi connectivity index (χ0v) is 15.5. The molecule has 2 aromatic rings. The normalized spacial score (nSPS) is 11.1. The van der Waals surface area contributed by atoms with E-state index in [1.54, 1.807) is 0 Å². The highest BCUT2D eigenvalue weighted by molar-refractivity contribution is 5.93. The second-order valence-electron chi connectivity index (χ2n) is 6.10. The Kier molecular flexibility index (Phi) is 8.19. The van der Waals surface area contributed by atoms with Crippen molar-refractivity contribution in [1.82, 2.24) is 5.32 Å². The standard InChI is InChI=1S/C21H27N3O2/c1-17-11-13-18(14-12-17)16-23-21(24-19-8-4-3-5-9-19)22-15-7-6-10-20(25)26-2/h3-5,8-9,11-14H,6-7,10,15-16H2,1-2H3,(H2,22,23,24). The van der Waals surface area contributed by atoms with Gasteiger partial charge in [-0.1, -0.05) is 48.0 Å². The number of unbranched alkanes of at least 4 members (excludes halogenated alkanes) is 1. The summed E-state index contributed by atoms with van der Waals surface area (Å²) < 4.78 is 4.66. The van der Waals surface area contributed by atoms with Gasteiger partial charge < -0.3 is 15.4 Å². The number of anilines is 1. The van der Waals surface area contributed by atoms with Crippen LogP contribution in [0, 0.1) is 6.92 Å². The van der Waals surface area contributed by atoms with Crippen molar-refractivity contribution in [3.63, 3.8) is 0 Å². The van der Waals surface area contributed by atoms with Crippen molar-refractivity contribution in [1.29, 1.82) is 0 Å². The van der Waals surface area contributed by atoms with Crippen molar-refractivity contribution in [2.45, 2.75) is 32.7 Å². The molecule has 2 aromatic carbocycles. The summed E-state index contributed by atoms with van der Waals surface area (Å²) in [7, 11) is 1.42. The van der Waals surface area contributed by atoms with Gasteiger partial charge in [-0.2, -0.15) is 0 Å². The molecule has 0 amide bonds. The van der Waals surface area contributed by atoms with E-state index in [0.29, 0.717) is 13.0 Å². The van der Waals surface area contributed by atoms with E-state index in [2.05, 4.69) is 51.6 Å². The zero-order valence-electron chi connectivity index (χ0n) is 15.5. The summed E-state index contributed by atoms with van der Waals surface area (Å²) in [5.41, 5.74) is 3.39. The average molecular weight is 353 g/mol. The maximum atomic E-state index is 11.2. The molecule has 0 radical (unpaired) electrons. The number of hydrogen-bond acceptors (Lipinski definition) is 3. The quantitative estimate of drug-likeness (QED) is 0.327. The number of methoxy groups -OCH3 is 1. The largest absolute Gasteiger partial charge is 0.469 e. The van der Waals surface area contributed by atoms with E-state index in [4.69, 9.17) is 0 Å². The van der Waals surface area contributed by atoms with Gasteiger partial charge in [-0.25, -0.2) is 4.99 Å². The van der Waals surface area contributed by atoms with Gasteiger partial charge in [-0.3, -0.25) is 4.79 Å². The number of carbonyl (C=O) groups is 1. The SMILES string of the molecule is COC(=O)CCCCNC(=NCc1ccc(C)cc1)Nc1ccccc1. The summed E-state index contributed by atoms with van der Waals surface area (Å²) in [5, 5.41) is 6.65. The lowest BCUT2D eigenvalue weighted by Gasteiger charge is -2.13. The van der Waals surface area contributed by atoms with Crippen molar-refractivity contribution in [3.8, 4) is 0 Å². The molecule has 2 N–H and O–H groups in total. The average Bonchev–Trinajstić information content (AvgIpc) is 2.67. The van der Waals surface area contributed by atoms with Crippen LogP contribution in [0.5, 0.6) is 0 Å². The number of para-hydroxylation sites is 1. The number of hydrogen-bond donors (Lipinski definition) is 2. The predicted molar refractivity (Wildman–Crippen MR) is 106 cm³/mol. The van der Waals surface area contributed by atoms with Crippen LogP contribution in [0.1, 0.15) is 30.4 Å². The molecule has 0 unspecified atom stereocenters. The maximum absolute atomic E-state index is 11.2. The molecule has 0 atom stereocenters. The first-order valence-corrected chi connectivity index (χ1v) is 8.90. The fourth-order valence-corrected chi connectivity index (χ4v) is 2.36. The van der Waals surface area contributed by atoms with E-state index in [-0.39, 0.29) is 5.97 Å². The number of rotatable bonds is 8. The van der Waals surface area contributed by atoms with E-state index < -0.39 is 0 Å². The van der Waals surface area contributed by atoms with Crippen LogP contribution in [0.15, 0.2) is 59.6 Å². The van der Waals surface area contributed by atoms with Gasteiger partial charge in [0.2, 0.25) is 0 Å². The molecule has 0 bridgehead atoms. The molecule has 5 nitrogen and oxygen atoms in total. The van der Waals surface area contributed by atoms with Crippen LogP contribution in [0.25, 0.3) is 0 Å². The molecule has 0 aromatic heterocycles. The van der Waals surface area contributed by atoms with E-state index in [9.17, 15) is 4.79 Å². The van der Waals surface area contributed by atoms with Crippen LogP contribution in [-0.2, 0) is 16.1 Å². The third-order valence-corrected chi connectivity index (χ3v) is 3.90. The molecule has 0 heterocycles. The van der Waals surface area contributed by atoms with Crippen LogP contribution in [0.2, 0.25) is 0 Å². The zero-order chi connectivity index (χ0) is 18.6. The second kappa shape index (κ2) is 10.9. The third-order valence-electron chi connectivity index (χ3n) is 3.90. The molecular weight excluding hydrogens is 326 g/mol. The van der Waals surface area contributed by atoms with Gasteiger partial charge >= 0.3 is 5.97 Å². The van der Waals surface area contributed by atoms with Gasteiger partial charge in [0, 0.05) is 18.7 Å². The number of benzene rings is 2. The van der Waals surface area contributed by atoms with Crippen molar-refractivity contribution >= 4 is 17.6 Å². The maximum Gasteiger partial charge on any atom is 0.305 e. The third kappa shape index (κ3) is 7.38. The minimum atomic E-state index is -0.166. The number of carbonyl (C=O) groups excluding carboxylic acids is 1. The smallest absolute Gasteiger partial charge is 0.305 e. The van der Waals surface area contributed by atoms with Gasteiger partial charge in [0.15, 0.2) is 5.96 Å². The van der Waals surface area contributed by atoms with Gasteiger partial charge in [0.25, 0.3) is 0 Å². The van der Waals surface area contributed by atoms with Gasteiger partial charge in [0.1, 0.15) is 0 Å². The summed E-state index contributed by atoms with van der Waals surface area (Å²) in [4.78, 5) is 15.8. The van der Waals surface area contributed by atoms with Crippen LogP contribution < -0.4 is 10.6 Å². The van der Waals surface area contributed by atoms with Crippen molar-refractivity contribution < 1.29 is 9.53 Å². The first-order chi connectivity index (χ1) is 12.7. The lowest BCUT2D eigenvalue weighted by Crippen LogP contribution is -2.31. The molecule has 2 rings (SSSR count). The number of guanidine groups is 1. The lowest BCUT2D eigenvalue weighted by molar-refractivity contribution is -0.140. The van der Waals surface area contributed by atoms with Crippen LogP contribution in [-0.4, -0.2) is 25.6 Å². The molecule has 0 saturated carbocycles. The second-order valence-corrected chi connectivity index (χ2v) is 6.10. The van der Waals surface area contributed by atoms with Gasteiger partial charge in [-0.05, 0) is 37.5 Å². The fourth-order valence-electron chi connectivity index (χ4n) is 2.36. The predicted octanol–water partition coefficient (Wildman–Crippen LogP) is 3.90. The number of nitrogens with one attached hydrogen (secondary N) is 2. The summed E-state index contributed by atoms with van der Waals surface area (Å²) in [6.07, 6.45) is 2.10. The topological polar surface area (TPSA) is 62.7 Å². The molecule has 5 heteroatoms. The minimum absolute atomic E-state index is 0.166. The Bertz CT molecular complexity index is 697. The molecule has 0 aliphatic carbocycles. The number of esters is 1. The van der Waals surface area contributed by atoms with Crippen LogP contribution in [0.3, 0.4) is 0 Å². The molecule has 138 valence electrons. The highest BCUT2D eigenvalue weighted by Crippen LogP contribution is 2.07. The Labute approximate surface area is 155 Å². The minimum Gasteiger partial charge on any atom is -0.469 e. The van der Waals surface area contributed by atoms with E-state index >= 15 is 0 Å². The van der Waals surface area contributed by atoms with E-state index in [1.165, 1.54) is 12.7 Å². The first-order valence-electron chi connectivity index (χ1n) is 8.90. The van der Waals surface area contributed by atoms with Crippen LogP contribution >= 0.6 is 0 Å². The summed E-state index contributed by atoms with van der Waals surface area (Å²) in [6, 6.07) is 18.3. The Morgan fingerprint density at radius 1 is 1.04 bits per heavy atom. The Balaban J connectivity index is 1.91. The monoisotopic (exact) mass is 353 g/mol. The van der Waals surface area contributed by atoms with Crippen molar-refractivity contribution in [2.24, 2.45) is 4.99 Å². The molecule has 0 aliphatic rings. The molecule has 0 saturated heterocycles. The molecular formula is C21H27N3O2. The van der Waals surface area contributed by atoms with Crippen molar-refractivity contribution in [3.05, 3.63) is 65.7 Å². The lowest BCUT2D eigenvalue weighted by atomic mass is 10.1. The fraction of sp³-hybridized carbons (Fsp3) is 0.333. The molecule has 26 heavy (non-hydrogen) atoms. The Morgan fingerprint density at radius 2 is 1.77 bits per heavy atom. The Morgan fingerprint density at radius 3 is 2.46 bits per heavy atom. The first kappa shape index (κ1) is 19.5. The van der Waals surface area contributed by atoms with E-state index in [0.717, 1.165) is 36.6 Å². The number of ether oxygens (including phenoxy) is 1.